The van der Waals surface area contributed by atoms with Crippen LogP contribution in [0.3, 0.4) is 0 Å². The molecular formula is C14H18O6. The van der Waals surface area contributed by atoms with Gasteiger partial charge in [-0.1, -0.05) is 18.2 Å². The number of allylic oxidation sites excluding steroid dienone is 1. The third kappa shape index (κ3) is 4.22. The molecule has 2 atom stereocenters. The van der Waals surface area contributed by atoms with E-state index >= 15 is 0 Å². The molecule has 1 rings (SSSR count). The van der Waals surface area contributed by atoms with Crippen LogP contribution < -0.4 is 0 Å². The van der Waals surface area contributed by atoms with E-state index in [1.165, 1.54) is 0 Å². The summed E-state index contributed by atoms with van der Waals surface area (Å²) in [6.07, 6.45) is 3.92. The van der Waals surface area contributed by atoms with Crippen molar-refractivity contribution in [2.24, 2.45) is 11.8 Å². The van der Waals surface area contributed by atoms with E-state index in [0.717, 1.165) is 6.08 Å². The molecule has 0 radical (unpaired) electrons. The van der Waals surface area contributed by atoms with Crippen molar-refractivity contribution < 1.29 is 29.0 Å². The van der Waals surface area contributed by atoms with Crippen LogP contribution in [0.15, 0.2) is 24.3 Å². The van der Waals surface area contributed by atoms with Gasteiger partial charge in [-0.05, 0) is 19.8 Å². The summed E-state index contributed by atoms with van der Waals surface area (Å²) in [7, 11) is 0. The monoisotopic (exact) mass is 282 g/mol. The van der Waals surface area contributed by atoms with Gasteiger partial charge >= 0.3 is 17.9 Å². The molecule has 1 aliphatic carbocycles. The smallest absolute Gasteiger partial charge is 0.330 e. The molecule has 20 heavy (non-hydrogen) atoms. The zero-order chi connectivity index (χ0) is 15.1. The number of carboxylic acids is 1. The predicted octanol–water partition coefficient (Wildman–Crippen LogP) is 1.32. The average molecular weight is 282 g/mol. The van der Waals surface area contributed by atoms with Crippen molar-refractivity contribution in [2.45, 2.75) is 19.8 Å². The Morgan fingerprint density at radius 3 is 2.65 bits per heavy atom. The molecule has 0 spiro atoms. The fourth-order valence-electron chi connectivity index (χ4n) is 2.15. The molecule has 0 amide bonds. The van der Waals surface area contributed by atoms with Gasteiger partial charge in [-0.3, -0.25) is 9.59 Å². The number of carbonyl (C=O) groups is 3. The van der Waals surface area contributed by atoms with Crippen LogP contribution in [0.4, 0.5) is 0 Å². The van der Waals surface area contributed by atoms with Crippen LogP contribution in [0.25, 0.3) is 0 Å². The van der Waals surface area contributed by atoms with Gasteiger partial charge < -0.3 is 14.6 Å². The fraction of sp³-hybridized carbons (Fsp3) is 0.500. The fourth-order valence-corrected chi connectivity index (χ4v) is 2.15. The summed E-state index contributed by atoms with van der Waals surface area (Å²) in [4.78, 5) is 33.9. The Labute approximate surface area is 117 Å². The highest BCUT2D eigenvalue weighted by molar-refractivity contribution is 5.84. The van der Waals surface area contributed by atoms with Crippen LogP contribution in [0, 0.1) is 11.8 Å². The molecular weight excluding hydrogens is 264 g/mol. The Morgan fingerprint density at radius 1 is 1.40 bits per heavy atom. The molecule has 6 heteroatoms. The Kier molecular flexibility index (Phi) is 5.96. The maximum Gasteiger partial charge on any atom is 0.330 e. The van der Waals surface area contributed by atoms with Gasteiger partial charge in [0.1, 0.15) is 13.2 Å². The molecule has 0 aliphatic heterocycles. The second-order valence-electron chi connectivity index (χ2n) is 4.49. The Hall–Kier alpha value is -2.11. The van der Waals surface area contributed by atoms with Gasteiger partial charge in [0.25, 0.3) is 0 Å². The first-order chi connectivity index (χ1) is 9.47. The summed E-state index contributed by atoms with van der Waals surface area (Å²) in [5.41, 5.74) is 0.705. The highest BCUT2D eigenvalue weighted by Gasteiger charge is 2.37. The van der Waals surface area contributed by atoms with Gasteiger partial charge in [0, 0.05) is 6.08 Å². The standard InChI is InChI=1S/C14H18O6/c1-3-11(15)19-7-8-20-14(18)12-9(2)5-4-6-10(12)13(16)17/h3,5,10,12H,1,4,6-8H2,2H3,(H,16,17). The zero-order valence-corrected chi connectivity index (χ0v) is 11.3. The maximum absolute atomic E-state index is 12.0. The average Bonchev–Trinajstić information content (AvgIpc) is 2.42. The number of rotatable bonds is 6. The van der Waals surface area contributed by atoms with E-state index in [4.69, 9.17) is 9.84 Å². The third-order valence-electron chi connectivity index (χ3n) is 3.15. The molecule has 0 heterocycles. The first-order valence-electron chi connectivity index (χ1n) is 6.32. The molecule has 1 N–H and O–H groups in total. The molecule has 0 saturated carbocycles. The number of carbonyl (C=O) groups excluding carboxylic acids is 2. The minimum Gasteiger partial charge on any atom is -0.481 e. The molecule has 1 aliphatic rings. The molecule has 0 saturated heterocycles. The summed E-state index contributed by atoms with van der Waals surface area (Å²) < 4.78 is 9.64. The Bertz CT molecular complexity index is 437. The van der Waals surface area contributed by atoms with E-state index in [0.29, 0.717) is 18.4 Å². The van der Waals surface area contributed by atoms with Crippen molar-refractivity contribution in [3.8, 4) is 0 Å². The summed E-state index contributed by atoms with van der Waals surface area (Å²) in [5.74, 6) is -3.73. The Morgan fingerprint density at radius 2 is 2.05 bits per heavy atom. The van der Waals surface area contributed by atoms with Gasteiger partial charge in [-0.15, -0.1) is 0 Å². The van der Waals surface area contributed by atoms with Crippen molar-refractivity contribution in [2.75, 3.05) is 13.2 Å². The van der Waals surface area contributed by atoms with E-state index < -0.39 is 29.7 Å². The van der Waals surface area contributed by atoms with Crippen molar-refractivity contribution in [1.29, 1.82) is 0 Å². The molecule has 110 valence electrons. The molecule has 0 aromatic carbocycles. The topological polar surface area (TPSA) is 89.9 Å². The van der Waals surface area contributed by atoms with Crippen LogP contribution in [0.1, 0.15) is 19.8 Å². The normalized spacial score (nSPS) is 21.6. The van der Waals surface area contributed by atoms with Crippen molar-refractivity contribution in [3.05, 3.63) is 24.3 Å². The minimum absolute atomic E-state index is 0.0796. The molecule has 0 fully saturated rings. The lowest BCUT2D eigenvalue weighted by atomic mass is 9.79. The Balaban J connectivity index is 2.53. The quantitative estimate of drug-likeness (QED) is 0.342. The number of hydrogen-bond donors (Lipinski definition) is 1. The van der Waals surface area contributed by atoms with Gasteiger partial charge in [0.2, 0.25) is 0 Å². The number of aliphatic carboxylic acids is 1. The van der Waals surface area contributed by atoms with Crippen LogP contribution in [-0.2, 0) is 23.9 Å². The number of hydrogen-bond acceptors (Lipinski definition) is 5. The summed E-state index contributed by atoms with van der Waals surface area (Å²) in [6, 6.07) is 0. The minimum atomic E-state index is -1.00. The van der Waals surface area contributed by atoms with Crippen molar-refractivity contribution >= 4 is 17.9 Å². The number of carboxylic acid groups (broad SMARTS) is 1. The van der Waals surface area contributed by atoms with Crippen LogP contribution in [0.2, 0.25) is 0 Å². The van der Waals surface area contributed by atoms with Crippen LogP contribution in [-0.4, -0.2) is 36.2 Å². The zero-order valence-electron chi connectivity index (χ0n) is 11.3. The van der Waals surface area contributed by atoms with Crippen molar-refractivity contribution in [1.82, 2.24) is 0 Å². The summed E-state index contributed by atoms with van der Waals surface area (Å²) >= 11 is 0. The lowest BCUT2D eigenvalue weighted by Crippen LogP contribution is -2.34. The van der Waals surface area contributed by atoms with E-state index in [1.807, 2.05) is 6.08 Å². The van der Waals surface area contributed by atoms with Gasteiger partial charge in [0.05, 0.1) is 11.8 Å². The van der Waals surface area contributed by atoms with E-state index in [-0.39, 0.29) is 13.2 Å². The molecule has 6 nitrogen and oxygen atoms in total. The van der Waals surface area contributed by atoms with Crippen molar-refractivity contribution in [3.63, 3.8) is 0 Å². The van der Waals surface area contributed by atoms with Gasteiger partial charge in [-0.25, -0.2) is 4.79 Å². The third-order valence-corrected chi connectivity index (χ3v) is 3.15. The first-order valence-corrected chi connectivity index (χ1v) is 6.32. The van der Waals surface area contributed by atoms with Crippen LogP contribution >= 0.6 is 0 Å². The number of ether oxygens (including phenoxy) is 2. The second-order valence-corrected chi connectivity index (χ2v) is 4.49. The van der Waals surface area contributed by atoms with E-state index in [1.54, 1.807) is 6.92 Å². The molecule has 0 aromatic heterocycles. The summed E-state index contributed by atoms with van der Waals surface area (Å²) in [6.45, 7) is 4.77. The lowest BCUT2D eigenvalue weighted by Gasteiger charge is -2.26. The predicted molar refractivity (Wildman–Crippen MR) is 69.7 cm³/mol. The van der Waals surface area contributed by atoms with Gasteiger partial charge in [-0.2, -0.15) is 0 Å². The SMILES string of the molecule is C=CC(=O)OCCOC(=O)C1C(C)=CCCC1C(=O)O. The lowest BCUT2D eigenvalue weighted by molar-refractivity contribution is -0.158. The largest absolute Gasteiger partial charge is 0.481 e. The molecule has 2 unspecified atom stereocenters. The highest BCUT2D eigenvalue weighted by atomic mass is 16.6. The van der Waals surface area contributed by atoms with E-state index in [2.05, 4.69) is 11.3 Å². The second kappa shape index (κ2) is 7.47. The van der Waals surface area contributed by atoms with Crippen LogP contribution in [0.5, 0.6) is 0 Å². The maximum atomic E-state index is 12.0. The van der Waals surface area contributed by atoms with E-state index in [9.17, 15) is 14.4 Å². The molecule has 0 aromatic rings. The van der Waals surface area contributed by atoms with Gasteiger partial charge in [0.15, 0.2) is 0 Å². The first kappa shape index (κ1) is 15.9. The molecule has 0 bridgehead atoms. The summed E-state index contributed by atoms with van der Waals surface area (Å²) in [5, 5.41) is 9.14. The highest BCUT2D eigenvalue weighted by Crippen LogP contribution is 2.31. The number of esters is 2.